The normalized spacial score (nSPS) is 11.9. The zero-order valence-electron chi connectivity index (χ0n) is 16.3. The fourth-order valence-electron chi connectivity index (χ4n) is 2.89. The van der Waals surface area contributed by atoms with E-state index in [0.29, 0.717) is 38.0 Å². The first kappa shape index (κ1) is 21.5. The van der Waals surface area contributed by atoms with Gasteiger partial charge in [-0.1, -0.05) is 18.2 Å². The standard InChI is InChI=1S/C21H27N3O4/c1-27-20(25)10-9-19(22)15-24(14-17-4-3-11-23-12-17)13-16-5-7-18(8-6-16)21(26)28-2/h3-8,11-12,19H,9-10,13-15,22H2,1-2H3/t19-/m0/s1. The Bertz CT molecular complexity index is 750. The molecule has 0 aliphatic carbocycles. The summed E-state index contributed by atoms with van der Waals surface area (Å²) in [6, 6.07) is 11.1. The molecule has 7 nitrogen and oxygen atoms in total. The van der Waals surface area contributed by atoms with Crippen molar-refractivity contribution in [2.24, 2.45) is 5.73 Å². The Kier molecular flexibility index (Phi) is 8.58. The van der Waals surface area contributed by atoms with Crippen LogP contribution in [0.25, 0.3) is 0 Å². The Labute approximate surface area is 165 Å². The SMILES string of the molecule is COC(=O)CC[C@H](N)CN(Cc1ccc(C(=O)OC)cc1)Cc1cccnc1. The van der Waals surface area contributed by atoms with Gasteiger partial charge < -0.3 is 15.2 Å². The summed E-state index contributed by atoms with van der Waals surface area (Å²) in [5.41, 5.74) is 8.88. The molecule has 1 aromatic heterocycles. The lowest BCUT2D eigenvalue weighted by atomic mass is 10.1. The molecule has 2 rings (SSSR count). The highest BCUT2D eigenvalue weighted by atomic mass is 16.5. The fraction of sp³-hybridized carbons (Fsp3) is 0.381. The minimum absolute atomic E-state index is 0.162. The lowest BCUT2D eigenvalue weighted by Gasteiger charge is -2.26. The van der Waals surface area contributed by atoms with Gasteiger partial charge in [0.2, 0.25) is 0 Å². The van der Waals surface area contributed by atoms with Crippen molar-refractivity contribution in [3.63, 3.8) is 0 Å². The summed E-state index contributed by atoms with van der Waals surface area (Å²) >= 11 is 0. The molecular weight excluding hydrogens is 358 g/mol. The van der Waals surface area contributed by atoms with Gasteiger partial charge in [0.25, 0.3) is 0 Å². The molecule has 0 amide bonds. The third kappa shape index (κ3) is 7.09. The van der Waals surface area contributed by atoms with Crippen LogP contribution in [0.4, 0.5) is 0 Å². The zero-order chi connectivity index (χ0) is 20.4. The number of hydrogen-bond donors (Lipinski definition) is 1. The second-order valence-corrected chi connectivity index (χ2v) is 6.59. The highest BCUT2D eigenvalue weighted by molar-refractivity contribution is 5.89. The van der Waals surface area contributed by atoms with E-state index in [1.54, 1.807) is 18.3 Å². The molecule has 0 aliphatic rings. The van der Waals surface area contributed by atoms with Crippen LogP contribution in [0.2, 0.25) is 0 Å². The summed E-state index contributed by atoms with van der Waals surface area (Å²) in [7, 11) is 2.74. The maximum atomic E-state index is 11.6. The van der Waals surface area contributed by atoms with Crippen LogP contribution in [-0.2, 0) is 27.4 Å². The van der Waals surface area contributed by atoms with Gasteiger partial charge in [-0.15, -0.1) is 0 Å². The van der Waals surface area contributed by atoms with E-state index in [9.17, 15) is 9.59 Å². The second-order valence-electron chi connectivity index (χ2n) is 6.59. The predicted octanol–water partition coefficient (Wildman–Crippen LogP) is 2.15. The minimum atomic E-state index is -0.358. The molecule has 0 unspecified atom stereocenters. The number of pyridine rings is 1. The molecule has 0 aliphatic heterocycles. The molecule has 1 heterocycles. The first-order valence-electron chi connectivity index (χ1n) is 9.12. The first-order chi connectivity index (χ1) is 13.5. The Balaban J connectivity index is 2.04. The van der Waals surface area contributed by atoms with Gasteiger partial charge in [0.1, 0.15) is 0 Å². The van der Waals surface area contributed by atoms with Crippen LogP contribution in [-0.4, -0.2) is 48.6 Å². The number of benzene rings is 1. The number of rotatable bonds is 10. The summed E-state index contributed by atoms with van der Waals surface area (Å²) in [5, 5.41) is 0. The summed E-state index contributed by atoms with van der Waals surface area (Å²) in [6.07, 6.45) is 4.42. The van der Waals surface area contributed by atoms with E-state index in [0.717, 1.165) is 11.1 Å². The molecular formula is C21H27N3O4. The van der Waals surface area contributed by atoms with Gasteiger partial charge in [0, 0.05) is 44.5 Å². The quantitative estimate of drug-likeness (QED) is 0.626. The van der Waals surface area contributed by atoms with Crippen LogP contribution in [0.3, 0.4) is 0 Å². The molecule has 1 aromatic carbocycles. The average Bonchev–Trinajstić information content (AvgIpc) is 2.72. The Morgan fingerprint density at radius 1 is 1.07 bits per heavy atom. The van der Waals surface area contributed by atoms with E-state index in [1.165, 1.54) is 14.2 Å². The number of ether oxygens (including phenoxy) is 2. The maximum Gasteiger partial charge on any atom is 0.337 e. The topological polar surface area (TPSA) is 94.8 Å². The molecule has 150 valence electrons. The highest BCUT2D eigenvalue weighted by Gasteiger charge is 2.14. The van der Waals surface area contributed by atoms with E-state index in [2.05, 4.69) is 14.6 Å². The van der Waals surface area contributed by atoms with Crippen molar-refractivity contribution < 1.29 is 19.1 Å². The van der Waals surface area contributed by atoms with Gasteiger partial charge in [-0.05, 0) is 35.7 Å². The monoisotopic (exact) mass is 385 g/mol. The van der Waals surface area contributed by atoms with Crippen LogP contribution in [0, 0.1) is 0 Å². The van der Waals surface area contributed by atoms with E-state index < -0.39 is 0 Å². The van der Waals surface area contributed by atoms with Crippen LogP contribution in [0.15, 0.2) is 48.8 Å². The molecule has 0 radical (unpaired) electrons. The first-order valence-corrected chi connectivity index (χ1v) is 9.12. The van der Waals surface area contributed by atoms with Crippen LogP contribution < -0.4 is 5.73 Å². The fourth-order valence-corrected chi connectivity index (χ4v) is 2.89. The van der Waals surface area contributed by atoms with Gasteiger partial charge in [-0.25, -0.2) is 4.79 Å². The van der Waals surface area contributed by atoms with Gasteiger partial charge in [0.05, 0.1) is 19.8 Å². The van der Waals surface area contributed by atoms with Crippen LogP contribution in [0.5, 0.6) is 0 Å². The predicted molar refractivity (Wildman–Crippen MR) is 105 cm³/mol. The summed E-state index contributed by atoms with van der Waals surface area (Å²) < 4.78 is 9.42. The molecule has 0 spiro atoms. The van der Waals surface area contributed by atoms with Gasteiger partial charge in [-0.2, -0.15) is 0 Å². The Morgan fingerprint density at radius 2 is 1.79 bits per heavy atom. The second kappa shape index (κ2) is 11.2. The number of nitrogens with two attached hydrogens (primary N) is 1. The number of hydrogen-bond acceptors (Lipinski definition) is 7. The third-order valence-electron chi connectivity index (χ3n) is 4.35. The van der Waals surface area contributed by atoms with E-state index in [-0.39, 0.29) is 18.0 Å². The number of carbonyl (C=O) groups excluding carboxylic acids is 2. The maximum absolute atomic E-state index is 11.6. The molecule has 2 aromatic rings. The van der Waals surface area contributed by atoms with Crippen molar-refractivity contribution in [2.45, 2.75) is 32.0 Å². The number of carbonyl (C=O) groups is 2. The lowest BCUT2D eigenvalue weighted by molar-refractivity contribution is -0.140. The number of esters is 2. The van der Waals surface area contributed by atoms with E-state index >= 15 is 0 Å². The molecule has 1 atom stereocenters. The summed E-state index contributed by atoms with van der Waals surface area (Å²) in [5.74, 6) is -0.615. The molecule has 2 N–H and O–H groups in total. The van der Waals surface area contributed by atoms with E-state index in [1.807, 2.05) is 30.5 Å². The highest BCUT2D eigenvalue weighted by Crippen LogP contribution is 2.13. The average molecular weight is 385 g/mol. The Morgan fingerprint density at radius 3 is 2.39 bits per heavy atom. The third-order valence-corrected chi connectivity index (χ3v) is 4.35. The van der Waals surface area contributed by atoms with Gasteiger partial charge >= 0.3 is 11.9 Å². The molecule has 0 saturated heterocycles. The largest absolute Gasteiger partial charge is 0.469 e. The van der Waals surface area contributed by atoms with Crippen LogP contribution >= 0.6 is 0 Å². The van der Waals surface area contributed by atoms with Crippen molar-refractivity contribution >= 4 is 11.9 Å². The summed E-state index contributed by atoms with van der Waals surface area (Å²) in [4.78, 5) is 29.3. The van der Waals surface area contributed by atoms with Crippen LogP contribution in [0.1, 0.15) is 34.3 Å². The molecule has 0 fully saturated rings. The molecule has 0 saturated carbocycles. The van der Waals surface area contributed by atoms with Crippen molar-refractivity contribution in [1.82, 2.24) is 9.88 Å². The smallest absolute Gasteiger partial charge is 0.337 e. The lowest BCUT2D eigenvalue weighted by Crippen LogP contribution is -2.37. The van der Waals surface area contributed by atoms with Crippen molar-refractivity contribution in [2.75, 3.05) is 20.8 Å². The molecule has 28 heavy (non-hydrogen) atoms. The molecule has 7 heteroatoms. The zero-order valence-corrected chi connectivity index (χ0v) is 16.3. The minimum Gasteiger partial charge on any atom is -0.469 e. The summed E-state index contributed by atoms with van der Waals surface area (Å²) in [6.45, 7) is 1.95. The van der Waals surface area contributed by atoms with Crippen molar-refractivity contribution in [3.05, 3.63) is 65.5 Å². The van der Waals surface area contributed by atoms with Gasteiger partial charge in [-0.3, -0.25) is 14.7 Å². The molecule has 0 bridgehead atoms. The van der Waals surface area contributed by atoms with Crippen molar-refractivity contribution in [1.29, 1.82) is 0 Å². The number of nitrogens with zero attached hydrogens (tertiary/aromatic N) is 2. The van der Waals surface area contributed by atoms with E-state index in [4.69, 9.17) is 10.5 Å². The van der Waals surface area contributed by atoms with Gasteiger partial charge in [0.15, 0.2) is 0 Å². The Hall–Kier alpha value is -2.77. The number of methoxy groups -OCH3 is 2. The number of aromatic nitrogens is 1. The van der Waals surface area contributed by atoms with Crippen molar-refractivity contribution in [3.8, 4) is 0 Å².